The second-order valence-corrected chi connectivity index (χ2v) is 7.61. The van der Waals surface area contributed by atoms with E-state index in [4.69, 9.17) is 10.5 Å². The Balaban J connectivity index is 3.17. The van der Waals surface area contributed by atoms with Crippen molar-refractivity contribution in [2.45, 2.75) is 38.2 Å². The van der Waals surface area contributed by atoms with Crippen LogP contribution in [0.25, 0.3) is 0 Å². The lowest BCUT2D eigenvalue weighted by atomic mass is 10.2. The first-order valence-corrected chi connectivity index (χ1v) is 10.2. The van der Waals surface area contributed by atoms with E-state index in [0.717, 1.165) is 0 Å². The van der Waals surface area contributed by atoms with Crippen molar-refractivity contribution >= 4 is 27.3 Å². The number of hydrogen-bond donors (Lipinski definition) is 3. The maximum Gasteiger partial charge on any atom is 0.243 e. The Labute approximate surface area is 156 Å². The zero-order valence-electron chi connectivity index (χ0n) is 15.9. The molecule has 1 unspecified atom stereocenters. The van der Waals surface area contributed by atoms with Gasteiger partial charge in [0.05, 0.1) is 28.8 Å². The molecule has 9 heteroatoms. The van der Waals surface area contributed by atoms with E-state index >= 15 is 0 Å². The number of hydrogen-bond acceptors (Lipinski definition) is 6. The predicted molar refractivity (Wildman–Crippen MR) is 104 cm³/mol. The summed E-state index contributed by atoms with van der Waals surface area (Å²) >= 11 is 0. The number of nitrogens with zero attached hydrogens (tertiary/aromatic N) is 1. The second-order valence-electron chi connectivity index (χ2n) is 5.67. The summed E-state index contributed by atoms with van der Waals surface area (Å²) in [6.07, 6.45) is -0.300. The molecule has 8 nitrogen and oxygen atoms in total. The van der Waals surface area contributed by atoms with Crippen LogP contribution in [0.2, 0.25) is 0 Å². The first-order valence-electron chi connectivity index (χ1n) is 8.74. The summed E-state index contributed by atoms with van der Waals surface area (Å²) in [6.45, 7) is 7.10. The summed E-state index contributed by atoms with van der Waals surface area (Å²) < 4.78 is 31.9. The van der Waals surface area contributed by atoms with E-state index in [-0.39, 0.29) is 29.9 Å². The Morgan fingerprint density at radius 1 is 1.23 bits per heavy atom. The van der Waals surface area contributed by atoms with Crippen LogP contribution in [0.3, 0.4) is 0 Å². The molecule has 0 aliphatic heterocycles. The minimum Gasteiger partial charge on any atom is -0.384 e. The molecule has 1 aromatic rings. The van der Waals surface area contributed by atoms with Gasteiger partial charge in [-0.3, -0.25) is 4.79 Å². The number of carbonyl (C=O) groups excluding carboxylic acids is 1. The monoisotopic (exact) mass is 386 g/mol. The van der Waals surface area contributed by atoms with E-state index in [2.05, 4.69) is 10.6 Å². The second kappa shape index (κ2) is 10.5. The van der Waals surface area contributed by atoms with Crippen LogP contribution >= 0.6 is 0 Å². The standard InChI is InChI=1S/C17H30N4O4S/c1-5-19-15-9-8-14(26(23,24)21(6-2)7-3)11-16(15)20-17(22)10-13(12-18)25-4/h8-9,11,13,19H,5-7,10,12,18H2,1-4H3,(H,20,22). The van der Waals surface area contributed by atoms with Crippen molar-refractivity contribution in [3.8, 4) is 0 Å². The number of methoxy groups -OCH3 is 1. The largest absolute Gasteiger partial charge is 0.384 e. The molecule has 0 bridgehead atoms. The quantitative estimate of drug-likeness (QED) is 0.530. The van der Waals surface area contributed by atoms with Crippen molar-refractivity contribution in [3.63, 3.8) is 0 Å². The average molecular weight is 387 g/mol. The van der Waals surface area contributed by atoms with Crippen LogP contribution in [0.4, 0.5) is 11.4 Å². The van der Waals surface area contributed by atoms with Gasteiger partial charge in [-0.15, -0.1) is 0 Å². The molecule has 4 N–H and O–H groups in total. The Kier molecular flexibility index (Phi) is 9.00. The van der Waals surface area contributed by atoms with Gasteiger partial charge in [-0.1, -0.05) is 13.8 Å². The molecule has 0 fully saturated rings. The van der Waals surface area contributed by atoms with Gasteiger partial charge in [-0.05, 0) is 25.1 Å². The average Bonchev–Trinajstić information content (AvgIpc) is 2.62. The SMILES string of the molecule is CCNc1ccc(S(=O)(=O)N(CC)CC)cc1NC(=O)CC(CN)OC. The first-order chi connectivity index (χ1) is 12.3. The highest BCUT2D eigenvalue weighted by Gasteiger charge is 2.23. The highest BCUT2D eigenvalue weighted by Crippen LogP contribution is 2.27. The number of nitrogens with two attached hydrogens (primary N) is 1. The van der Waals surface area contributed by atoms with Crippen LogP contribution in [0.5, 0.6) is 0 Å². The summed E-state index contributed by atoms with van der Waals surface area (Å²) in [7, 11) is -2.12. The van der Waals surface area contributed by atoms with Gasteiger partial charge in [0.25, 0.3) is 0 Å². The van der Waals surface area contributed by atoms with Gasteiger partial charge in [-0.2, -0.15) is 4.31 Å². The number of sulfonamides is 1. The van der Waals surface area contributed by atoms with Gasteiger partial charge in [0.15, 0.2) is 0 Å². The minimum atomic E-state index is -3.61. The van der Waals surface area contributed by atoms with Crippen molar-refractivity contribution in [1.82, 2.24) is 4.31 Å². The Hall–Kier alpha value is -1.68. The smallest absolute Gasteiger partial charge is 0.243 e. The van der Waals surface area contributed by atoms with E-state index in [1.165, 1.54) is 17.5 Å². The van der Waals surface area contributed by atoms with Gasteiger partial charge in [-0.25, -0.2) is 8.42 Å². The van der Waals surface area contributed by atoms with E-state index in [0.29, 0.717) is 31.0 Å². The van der Waals surface area contributed by atoms with Gasteiger partial charge in [0.1, 0.15) is 0 Å². The number of rotatable bonds is 11. The van der Waals surface area contributed by atoms with Crippen LogP contribution in [-0.4, -0.2) is 58.0 Å². The maximum atomic E-state index is 12.7. The summed E-state index contributed by atoms with van der Waals surface area (Å²) in [5.74, 6) is -0.293. The van der Waals surface area contributed by atoms with Crippen molar-refractivity contribution in [1.29, 1.82) is 0 Å². The highest BCUT2D eigenvalue weighted by atomic mass is 32.2. The van der Waals surface area contributed by atoms with Gasteiger partial charge in [0.2, 0.25) is 15.9 Å². The number of amides is 1. The molecule has 0 aromatic heterocycles. The van der Waals surface area contributed by atoms with Crippen molar-refractivity contribution in [3.05, 3.63) is 18.2 Å². The van der Waals surface area contributed by atoms with E-state index in [1.54, 1.807) is 26.0 Å². The van der Waals surface area contributed by atoms with Crippen LogP contribution in [-0.2, 0) is 19.6 Å². The molecule has 0 saturated carbocycles. The molecule has 1 aromatic carbocycles. The highest BCUT2D eigenvalue weighted by molar-refractivity contribution is 7.89. The molecule has 0 spiro atoms. The number of nitrogens with one attached hydrogen (secondary N) is 2. The fraction of sp³-hybridized carbons (Fsp3) is 0.588. The van der Waals surface area contributed by atoms with Gasteiger partial charge < -0.3 is 21.1 Å². The third-order valence-electron chi connectivity index (χ3n) is 3.98. The van der Waals surface area contributed by atoms with Crippen molar-refractivity contribution < 1.29 is 17.9 Å². The van der Waals surface area contributed by atoms with E-state index in [1.807, 2.05) is 6.92 Å². The molecule has 0 heterocycles. The molecule has 0 radical (unpaired) electrons. The van der Waals surface area contributed by atoms with Crippen molar-refractivity contribution in [2.75, 3.05) is 43.9 Å². The first kappa shape index (κ1) is 22.4. The molecule has 1 atom stereocenters. The Bertz CT molecular complexity index is 686. The molecule has 0 aliphatic rings. The molecule has 0 saturated heterocycles. The molecule has 148 valence electrons. The molecule has 0 aliphatic carbocycles. The van der Waals surface area contributed by atoms with E-state index < -0.39 is 10.0 Å². The summed E-state index contributed by atoms with van der Waals surface area (Å²) in [5, 5.41) is 5.88. The normalized spacial score (nSPS) is 12.8. The Morgan fingerprint density at radius 2 is 1.88 bits per heavy atom. The van der Waals surface area contributed by atoms with Crippen LogP contribution in [0.1, 0.15) is 27.2 Å². The number of carbonyl (C=O) groups is 1. The van der Waals surface area contributed by atoms with Crippen LogP contribution in [0.15, 0.2) is 23.1 Å². The summed E-state index contributed by atoms with van der Waals surface area (Å²) in [4.78, 5) is 12.4. The minimum absolute atomic E-state index is 0.0889. The Morgan fingerprint density at radius 3 is 2.38 bits per heavy atom. The number of anilines is 2. The lowest BCUT2D eigenvalue weighted by Crippen LogP contribution is -2.31. The third kappa shape index (κ3) is 5.66. The van der Waals surface area contributed by atoms with Crippen molar-refractivity contribution in [2.24, 2.45) is 5.73 Å². The molecule has 26 heavy (non-hydrogen) atoms. The topological polar surface area (TPSA) is 114 Å². The fourth-order valence-electron chi connectivity index (χ4n) is 2.52. The molecule has 1 amide bonds. The maximum absolute atomic E-state index is 12.7. The van der Waals surface area contributed by atoms with E-state index in [9.17, 15) is 13.2 Å². The summed E-state index contributed by atoms with van der Waals surface area (Å²) in [6, 6.07) is 4.68. The third-order valence-corrected chi connectivity index (χ3v) is 6.03. The molecule has 1 rings (SSSR count). The molecular formula is C17H30N4O4S. The molecular weight excluding hydrogens is 356 g/mol. The lowest BCUT2D eigenvalue weighted by Gasteiger charge is -2.20. The van der Waals surface area contributed by atoms with Gasteiger partial charge >= 0.3 is 0 Å². The summed E-state index contributed by atoms with van der Waals surface area (Å²) in [5.41, 5.74) is 6.61. The predicted octanol–water partition coefficient (Wildman–Crippen LogP) is 1.45. The zero-order chi connectivity index (χ0) is 19.7. The zero-order valence-corrected chi connectivity index (χ0v) is 16.7. The lowest BCUT2D eigenvalue weighted by molar-refractivity contribution is -0.118. The number of ether oxygens (including phenoxy) is 1. The van der Waals surface area contributed by atoms with Crippen LogP contribution in [0, 0.1) is 0 Å². The van der Waals surface area contributed by atoms with Crippen LogP contribution < -0.4 is 16.4 Å². The number of benzene rings is 1. The fourth-order valence-corrected chi connectivity index (χ4v) is 4.00. The van der Waals surface area contributed by atoms with Gasteiger partial charge in [0, 0.05) is 33.3 Å².